The van der Waals surface area contributed by atoms with Gasteiger partial charge in [0.2, 0.25) is 5.91 Å². The number of hydrogen-bond donors (Lipinski definition) is 1. The van der Waals surface area contributed by atoms with Crippen LogP contribution in [0, 0.1) is 23.2 Å². The molecule has 0 aliphatic heterocycles. The maximum absolute atomic E-state index is 12.1. The fourth-order valence-electron chi connectivity index (χ4n) is 4.35. The van der Waals surface area contributed by atoms with Gasteiger partial charge in [0.25, 0.3) is 0 Å². The molecule has 2 nitrogen and oxygen atoms in total. The SMILES string of the molecule is CC1(C)[C@H]2CC[C@@H](CNC(=O)Cc3cccc(Cl)c3)[C@@H]1C2. The van der Waals surface area contributed by atoms with Gasteiger partial charge in [0.15, 0.2) is 0 Å². The Morgan fingerprint density at radius 1 is 1.38 bits per heavy atom. The van der Waals surface area contributed by atoms with E-state index in [1.807, 2.05) is 24.3 Å². The highest BCUT2D eigenvalue weighted by molar-refractivity contribution is 6.30. The summed E-state index contributed by atoms with van der Waals surface area (Å²) >= 11 is 5.95. The molecule has 114 valence electrons. The Hall–Kier alpha value is -1.02. The predicted octanol–water partition coefficient (Wildman–Crippen LogP) is 4.07. The summed E-state index contributed by atoms with van der Waals surface area (Å²) in [7, 11) is 0. The van der Waals surface area contributed by atoms with E-state index in [9.17, 15) is 4.79 Å². The van der Waals surface area contributed by atoms with Crippen LogP contribution in [0.3, 0.4) is 0 Å². The number of halogens is 1. The Kier molecular flexibility index (Phi) is 4.00. The van der Waals surface area contributed by atoms with E-state index in [0.717, 1.165) is 23.9 Å². The van der Waals surface area contributed by atoms with Crippen molar-refractivity contribution in [2.45, 2.75) is 39.5 Å². The first-order valence-corrected chi connectivity index (χ1v) is 8.36. The number of fused-ring (bicyclic) bond motifs is 2. The first kappa shape index (κ1) is 14.9. The van der Waals surface area contributed by atoms with Gasteiger partial charge in [-0.3, -0.25) is 4.79 Å². The van der Waals surface area contributed by atoms with Crippen molar-refractivity contribution in [3.05, 3.63) is 34.9 Å². The zero-order chi connectivity index (χ0) is 15.0. The van der Waals surface area contributed by atoms with Crippen LogP contribution in [0.15, 0.2) is 24.3 Å². The standard InChI is InChI=1S/C18H24ClNO/c1-18(2)14-7-6-13(16(18)10-14)11-20-17(21)9-12-4-3-5-15(19)8-12/h3-5,8,13-14,16H,6-7,9-11H2,1-2H3,(H,20,21)/t13-,14-,16-/m0/s1. The summed E-state index contributed by atoms with van der Waals surface area (Å²) in [5.41, 5.74) is 1.47. The van der Waals surface area contributed by atoms with E-state index in [1.54, 1.807) is 0 Å². The maximum Gasteiger partial charge on any atom is 0.224 e. The fraction of sp³-hybridized carbons (Fsp3) is 0.611. The van der Waals surface area contributed by atoms with Crippen molar-refractivity contribution in [2.75, 3.05) is 6.54 Å². The molecule has 3 fully saturated rings. The molecule has 21 heavy (non-hydrogen) atoms. The van der Waals surface area contributed by atoms with E-state index in [0.29, 0.717) is 22.8 Å². The van der Waals surface area contributed by atoms with Crippen LogP contribution >= 0.6 is 11.6 Å². The first-order chi connectivity index (χ1) is 9.96. The Bertz CT molecular complexity index is 538. The van der Waals surface area contributed by atoms with Crippen molar-refractivity contribution < 1.29 is 4.79 Å². The van der Waals surface area contributed by atoms with E-state index >= 15 is 0 Å². The molecule has 0 spiro atoms. The lowest BCUT2D eigenvalue weighted by Crippen LogP contribution is -2.54. The van der Waals surface area contributed by atoms with Gasteiger partial charge in [-0.2, -0.15) is 0 Å². The summed E-state index contributed by atoms with van der Waals surface area (Å²) in [6, 6.07) is 7.54. The Balaban J connectivity index is 1.50. The molecule has 0 heterocycles. The molecule has 1 aromatic carbocycles. The highest BCUT2D eigenvalue weighted by Gasteiger charge is 2.53. The van der Waals surface area contributed by atoms with Crippen LogP contribution in [-0.4, -0.2) is 12.5 Å². The molecule has 0 saturated heterocycles. The summed E-state index contributed by atoms with van der Waals surface area (Å²) in [5, 5.41) is 3.82. The van der Waals surface area contributed by atoms with Crippen LogP contribution in [0.4, 0.5) is 0 Å². The molecule has 3 saturated carbocycles. The summed E-state index contributed by atoms with van der Waals surface area (Å²) < 4.78 is 0. The van der Waals surface area contributed by atoms with Gasteiger partial charge in [-0.15, -0.1) is 0 Å². The van der Waals surface area contributed by atoms with Crippen LogP contribution in [0.25, 0.3) is 0 Å². The largest absolute Gasteiger partial charge is 0.356 e. The van der Waals surface area contributed by atoms with Crippen LogP contribution in [0.5, 0.6) is 0 Å². The lowest BCUT2D eigenvalue weighted by Gasteiger charge is -2.60. The third kappa shape index (κ3) is 2.96. The lowest BCUT2D eigenvalue weighted by atomic mass is 9.45. The smallest absolute Gasteiger partial charge is 0.224 e. The van der Waals surface area contributed by atoms with Crippen LogP contribution in [0.2, 0.25) is 5.02 Å². The molecule has 3 aliphatic carbocycles. The number of benzene rings is 1. The minimum Gasteiger partial charge on any atom is -0.356 e. The summed E-state index contributed by atoms with van der Waals surface area (Å²) in [4.78, 5) is 12.1. The minimum absolute atomic E-state index is 0.108. The van der Waals surface area contributed by atoms with Gasteiger partial charge >= 0.3 is 0 Å². The van der Waals surface area contributed by atoms with E-state index in [-0.39, 0.29) is 5.91 Å². The van der Waals surface area contributed by atoms with Gasteiger partial charge in [-0.05, 0) is 60.1 Å². The minimum atomic E-state index is 0.108. The second-order valence-electron chi connectivity index (χ2n) is 7.31. The highest BCUT2D eigenvalue weighted by atomic mass is 35.5. The molecule has 1 N–H and O–H groups in total. The predicted molar refractivity (Wildman–Crippen MR) is 86.3 cm³/mol. The van der Waals surface area contributed by atoms with E-state index in [2.05, 4.69) is 19.2 Å². The molecule has 1 aromatic rings. The zero-order valence-electron chi connectivity index (χ0n) is 12.9. The van der Waals surface area contributed by atoms with Crippen molar-refractivity contribution >= 4 is 17.5 Å². The zero-order valence-corrected chi connectivity index (χ0v) is 13.6. The number of nitrogens with one attached hydrogen (secondary N) is 1. The molecule has 4 rings (SSSR count). The summed E-state index contributed by atoms with van der Waals surface area (Å²) in [6.07, 6.45) is 4.39. The Labute approximate surface area is 132 Å². The monoisotopic (exact) mass is 305 g/mol. The molecule has 3 aliphatic rings. The maximum atomic E-state index is 12.1. The number of amides is 1. The van der Waals surface area contributed by atoms with Gasteiger partial charge in [0.1, 0.15) is 0 Å². The van der Waals surface area contributed by atoms with Crippen LogP contribution < -0.4 is 5.32 Å². The number of carbonyl (C=O) groups is 1. The normalized spacial score (nSPS) is 29.6. The first-order valence-electron chi connectivity index (χ1n) is 7.98. The molecule has 0 radical (unpaired) electrons. The quantitative estimate of drug-likeness (QED) is 0.892. The van der Waals surface area contributed by atoms with Crippen molar-refractivity contribution in [3.8, 4) is 0 Å². The van der Waals surface area contributed by atoms with E-state index < -0.39 is 0 Å². The number of rotatable bonds is 4. The van der Waals surface area contributed by atoms with Gasteiger partial charge < -0.3 is 5.32 Å². The third-order valence-corrected chi connectivity index (χ3v) is 6.05. The van der Waals surface area contributed by atoms with Gasteiger partial charge in [0.05, 0.1) is 6.42 Å². The van der Waals surface area contributed by atoms with Gasteiger partial charge in [-0.1, -0.05) is 37.6 Å². The molecule has 2 bridgehead atoms. The van der Waals surface area contributed by atoms with E-state index in [1.165, 1.54) is 19.3 Å². The Morgan fingerprint density at radius 3 is 2.86 bits per heavy atom. The van der Waals surface area contributed by atoms with Crippen LogP contribution in [0.1, 0.15) is 38.7 Å². The second kappa shape index (κ2) is 5.64. The molecule has 0 unspecified atom stereocenters. The molecular weight excluding hydrogens is 282 g/mol. The van der Waals surface area contributed by atoms with E-state index in [4.69, 9.17) is 11.6 Å². The number of carbonyl (C=O) groups excluding carboxylic acids is 1. The summed E-state index contributed by atoms with van der Waals surface area (Å²) in [6.45, 7) is 5.62. The topological polar surface area (TPSA) is 29.1 Å². The van der Waals surface area contributed by atoms with Gasteiger partial charge in [0, 0.05) is 11.6 Å². The average Bonchev–Trinajstić information content (AvgIpc) is 2.45. The molecule has 3 atom stereocenters. The second-order valence-corrected chi connectivity index (χ2v) is 7.75. The van der Waals surface area contributed by atoms with Crippen molar-refractivity contribution in [3.63, 3.8) is 0 Å². The molecule has 0 aromatic heterocycles. The lowest BCUT2D eigenvalue weighted by molar-refractivity contribution is -0.124. The van der Waals surface area contributed by atoms with Crippen LogP contribution in [-0.2, 0) is 11.2 Å². The summed E-state index contributed by atoms with van der Waals surface area (Å²) in [5.74, 6) is 2.48. The average molecular weight is 306 g/mol. The number of hydrogen-bond acceptors (Lipinski definition) is 1. The van der Waals surface area contributed by atoms with Crippen molar-refractivity contribution in [2.24, 2.45) is 23.2 Å². The Morgan fingerprint density at radius 2 is 2.19 bits per heavy atom. The van der Waals surface area contributed by atoms with Crippen molar-refractivity contribution in [1.82, 2.24) is 5.32 Å². The van der Waals surface area contributed by atoms with Crippen molar-refractivity contribution in [1.29, 1.82) is 0 Å². The fourth-order valence-corrected chi connectivity index (χ4v) is 4.56. The third-order valence-electron chi connectivity index (χ3n) is 5.82. The van der Waals surface area contributed by atoms with Gasteiger partial charge in [-0.25, -0.2) is 0 Å². The highest BCUT2D eigenvalue weighted by Crippen LogP contribution is 2.61. The molecule has 1 amide bonds. The molecule has 3 heteroatoms. The molecular formula is C18H24ClNO.